The van der Waals surface area contributed by atoms with Gasteiger partial charge in [0.05, 0.1) is 25.2 Å². The summed E-state index contributed by atoms with van der Waals surface area (Å²) in [5.74, 6) is -0.638. The van der Waals surface area contributed by atoms with E-state index < -0.39 is 12.0 Å². The molecule has 2 unspecified atom stereocenters. The second-order valence-corrected chi connectivity index (χ2v) is 9.43. The molecule has 3 aromatic carbocycles. The molecule has 5 nitrogen and oxygen atoms in total. The van der Waals surface area contributed by atoms with E-state index in [0.717, 1.165) is 16.7 Å². The van der Waals surface area contributed by atoms with Crippen molar-refractivity contribution in [3.8, 4) is 0 Å². The average Bonchev–Trinajstić information content (AvgIpc) is 2.87. The minimum Gasteiger partial charge on any atom is -0.378 e. The summed E-state index contributed by atoms with van der Waals surface area (Å²) in [4.78, 5) is 31.5. The molecular weight excluding hydrogens is 471 g/mol. The molecule has 2 aliphatic rings. The topological polar surface area (TPSA) is 49.9 Å². The van der Waals surface area contributed by atoms with Crippen LogP contribution in [0.2, 0.25) is 10.0 Å². The number of carbonyl (C=O) groups is 2. The Bertz CT molecular complexity index is 1190. The third-order valence-electron chi connectivity index (χ3n) is 6.51. The van der Waals surface area contributed by atoms with Crippen molar-refractivity contribution in [2.45, 2.75) is 18.5 Å². The molecule has 0 spiro atoms. The molecule has 0 N–H and O–H groups in total. The van der Waals surface area contributed by atoms with Crippen LogP contribution >= 0.6 is 23.2 Å². The monoisotopic (exact) mass is 494 g/mol. The predicted molar refractivity (Wildman–Crippen MR) is 132 cm³/mol. The fourth-order valence-electron chi connectivity index (χ4n) is 4.83. The molecule has 0 bridgehead atoms. The Balaban J connectivity index is 1.64. The lowest BCUT2D eigenvalue weighted by atomic mass is 9.78. The van der Waals surface area contributed by atoms with E-state index in [1.165, 1.54) is 0 Å². The van der Waals surface area contributed by atoms with Crippen molar-refractivity contribution < 1.29 is 14.3 Å². The first-order chi connectivity index (χ1) is 16.5. The van der Waals surface area contributed by atoms with Gasteiger partial charge in [-0.05, 0) is 47.0 Å². The Morgan fingerprint density at radius 3 is 2.18 bits per heavy atom. The van der Waals surface area contributed by atoms with E-state index in [1.807, 2.05) is 65.6 Å². The molecule has 2 heterocycles. The fraction of sp³-hybridized carbons (Fsp3) is 0.259. The first kappa shape index (κ1) is 22.9. The molecular formula is C27H24Cl2N2O3. The van der Waals surface area contributed by atoms with Gasteiger partial charge in [0.25, 0.3) is 5.91 Å². The van der Waals surface area contributed by atoms with Crippen LogP contribution in [-0.4, -0.2) is 47.9 Å². The molecule has 1 saturated heterocycles. The lowest BCUT2D eigenvalue weighted by molar-refractivity contribution is -0.138. The number of ether oxygens (including phenoxy) is 1. The normalized spacial score (nSPS) is 20.2. The van der Waals surface area contributed by atoms with Crippen LogP contribution in [0, 0.1) is 0 Å². The third-order valence-corrected chi connectivity index (χ3v) is 7.01. The zero-order valence-electron chi connectivity index (χ0n) is 18.5. The molecule has 2 amide bonds. The molecule has 1 fully saturated rings. The standard InChI is InChI=1S/C27H24Cl2N2O3/c28-20-9-5-18(6-10-20)17-31-25(19-7-11-21(29)12-8-19)24(27(33)30-13-15-34-16-14-30)22-3-1-2-4-23(22)26(31)32/h1-12,24-25H,13-17H2. The van der Waals surface area contributed by atoms with E-state index in [1.54, 1.807) is 17.0 Å². The minimum atomic E-state index is -0.541. The first-order valence-corrected chi connectivity index (χ1v) is 12.0. The van der Waals surface area contributed by atoms with E-state index in [-0.39, 0.29) is 11.8 Å². The average molecular weight is 495 g/mol. The predicted octanol–water partition coefficient (Wildman–Crippen LogP) is 5.33. The highest BCUT2D eigenvalue weighted by Crippen LogP contribution is 2.44. The highest BCUT2D eigenvalue weighted by atomic mass is 35.5. The molecule has 5 rings (SSSR count). The van der Waals surface area contributed by atoms with Gasteiger partial charge in [0.15, 0.2) is 0 Å². The van der Waals surface area contributed by atoms with Crippen LogP contribution in [0.1, 0.15) is 39.0 Å². The van der Waals surface area contributed by atoms with Crippen molar-refractivity contribution in [3.05, 3.63) is 105 Å². The number of benzene rings is 3. The second-order valence-electron chi connectivity index (χ2n) is 8.56. The first-order valence-electron chi connectivity index (χ1n) is 11.3. The van der Waals surface area contributed by atoms with E-state index in [0.29, 0.717) is 48.5 Å². The Hall–Kier alpha value is -2.86. The smallest absolute Gasteiger partial charge is 0.255 e. The van der Waals surface area contributed by atoms with Gasteiger partial charge < -0.3 is 14.5 Å². The van der Waals surface area contributed by atoms with Gasteiger partial charge in [-0.3, -0.25) is 9.59 Å². The van der Waals surface area contributed by atoms with Gasteiger partial charge in [0.1, 0.15) is 0 Å². The summed E-state index contributed by atoms with van der Waals surface area (Å²) in [6.45, 7) is 2.45. The fourth-order valence-corrected chi connectivity index (χ4v) is 5.08. The summed E-state index contributed by atoms with van der Waals surface area (Å²) in [7, 11) is 0. The quantitative estimate of drug-likeness (QED) is 0.492. The van der Waals surface area contributed by atoms with Crippen LogP contribution in [0.5, 0.6) is 0 Å². The van der Waals surface area contributed by atoms with Crippen LogP contribution in [-0.2, 0) is 16.1 Å². The van der Waals surface area contributed by atoms with Crippen LogP contribution in [0.15, 0.2) is 72.8 Å². The molecule has 7 heteroatoms. The lowest BCUT2D eigenvalue weighted by Crippen LogP contribution is -2.50. The summed E-state index contributed by atoms with van der Waals surface area (Å²) in [5, 5.41) is 1.24. The molecule has 0 aliphatic carbocycles. The van der Waals surface area contributed by atoms with Crippen molar-refractivity contribution in [3.63, 3.8) is 0 Å². The number of morpholine rings is 1. The van der Waals surface area contributed by atoms with Crippen molar-refractivity contribution >= 4 is 35.0 Å². The number of halogens is 2. The Morgan fingerprint density at radius 2 is 1.50 bits per heavy atom. The van der Waals surface area contributed by atoms with Gasteiger partial charge in [-0.1, -0.05) is 65.7 Å². The van der Waals surface area contributed by atoms with Gasteiger partial charge in [-0.15, -0.1) is 0 Å². The zero-order chi connectivity index (χ0) is 23.7. The van der Waals surface area contributed by atoms with Crippen molar-refractivity contribution in [2.24, 2.45) is 0 Å². The van der Waals surface area contributed by atoms with Gasteiger partial charge in [-0.2, -0.15) is 0 Å². The van der Waals surface area contributed by atoms with E-state index in [2.05, 4.69) is 0 Å². The number of nitrogens with zero attached hydrogens (tertiary/aromatic N) is 2. The molecule has 34 heavy (non-hydrogen) atoms. The van der Waals surface area contributed by atoms with Gasteiger partial charge >= 0.3 is 0 Å². The molecule has 2 aliphatic heterocycles. The van der Waals surface area contributed by atoms with Crippen molar-refractivity contribution in [1.82, 2.24) is 9.80 Å². The van der Waals surface area contributed by atoms with Gasteiger partial charge in [-0.25, -0.2) is 0 Å². The molecule has 0 aromatic heterocycles. The van der Waals surface area contributed by atoms with E-state index in [9.17, 15) is 9.59 Å². The highest BCUT2D eigenvalue weighted by molar-refractivity contribution is 6.30. The lowest BCUT2D eigenvalue weighted by Gasteiger charge is -2.44. The molecule has 3 aromatic rings. The Kier molecular flexibility index (Phi) is 6.59. The summed E-state index contributed by atoms with van der Waals surface area (Å²) in [6.07, 6.45) is 0. The maximum absolute atomic E-state index is 14.0. The summed E-state index contributed by atoms with van der Waals surface area (Å²) >= 11 is 12.3. The number of amides is 2. The van der Waals surface area contributed by atoms with Crippen molar-refractivity contribution in [2.75, 3.05) is 26.3 Å². The van der Waals surface area contributed by atoms with Crippen LogP contribution in [0.4, 0.5) is 0 Å². The number of carbonyl (C=O) groups excluding carboxylic acids is 2. The SMILES string of the molecule is O=C(C1c2ccccc2C(=O)N(Cc2ccc(Cl)cc2)C1c1ccc(Cl)cc1)N1CCOCC1. The molecule has 0 saturated carbocycles. The summed E-state index contributed by atoms with van der Waals surface area (Å²) < 4.78 is 5.47. The van der Waals surface area contributed by atoms with Crippen molar-refractivity contribution in [1.29, 1.82) is 0 Å². The Labute approximate surface area is 208 Å². The number of hydrogen-bond donors (Lipinski definition) is 0. The second kappa shape index (κ2) is 9.79. The molecule has 0 radical (unpaired) electrons. The number of rotatable bonds is 4. The van der Waals surface area contributed by atoms with Crippen LogP contribution < -0.4 is 0 Å². The maximum atomic E-state index is 14.0. The summed E-state index contributed by atoms with van der Waals surface area (Å²) in [6, 6.07) is 21.8. The van der Waals surface area contributed by atoms with Gasteiger partial charge in [0.2, 0.25) is 5.91 Å². The number of fused-ring (bicyclic) bond motifs is 1. The van der Waals surface area contributed by atoms with E-state index in [4.69, 9.17) is 27.9 Å². The molecule has 2 atom stereocenters. The van der Waals surface area contributed by atoms with Crippen LogP contribution in [0.3, 0.4) is 0 Å². The van der Waals surface area contributed by atoms with Crippen LogP contribution in [0.25, 0.3) is 0 Å². The third kappa shape index (κ3) is 4.43. The maximum Gasteiger partial charge on any atom is 0.255 e. The van der Waals surface area contributed by atoms with E-state index >= 15 is 0 Å². The minimum absolute atomic E-state index is 0.00399. The number of hydrogen-bond acceptors (Lipinski definition) is 3. The Morgan fingerprint density at radius 1 is 0.882 bits per heavy atom. The highest BCUT2D eigenvalue weighted by Gasteiger charge is 2.45. The summed E-state index contributed by atoms with van der Waals surface area (Å²) in [5.41, 5.74) is 3.13. The molecule has 174 valence electrons. The zero-order valence-corrected chi connectivity index (χ0v) is 20.0. The van der Waals surface area contributed by atoms with Gasteiger partial charge in [0, 0.05) is 35.2 Å². The largest absolute Gasteiger partial charge is 0.378 e.